The maximum atomic E-state index is 10.7. The van der Waals surface area contributed by atoms with Crippen molar-refractivity contribution in [3.63, 3.8) is 0 Å². The van der Waals surface area contributed by atoms with E-state index in [0.29, 0.717) is 6.04 Å². The molecule has 1 aromatic rings. The number of aliphatic carboxylic acids is 1. The summed E-state index contributed by atoms with van der Waals surface area (Å²) in [6.07, 6.45) is 7.84. The second-order valence-corrected chi connectivity index (χ2v) is 6.12. The largest absolute Gasteiger partial charge is 0.481 e. The van der Waals surface area contributed by atoms with E-state index in [9.17, 15) is 4.79 Å². The van der Waals surface area contributed by atoms with Crippen LogP contribution in [0.1, 0.15) is 51.3 Å². The van der Waals surface area contributed by atoms with Gasteiger partial charge >= 0.3 is 5.97 Å². The molecule has 0 aromatic carbocycles. The Hall–Kier alpha value is -0.970. The second kappa shape index (κ2) is 6.46. The molecule has 5 heteroatoms. The Labute approximate surface area is 118 Å². The highest BCUT2D eigenvalue weighted by molar-refractivity contribution is 7.99. The molecule has 1 heterocycles. The number of aryl methyl sites for hydroxylation is 1. The number of hydrogen-bond acceptors (Lipinski definition) is 3. The van der Waals surface area contributed by atoms with Crippen LogP contribution >= 0.6 is 11.8 Å². The molecule has 1 atom stereocenters. The highest BCUT2D eigenvalue weighted by atomic mass is 32.2. The molecule has 0 aliphatic heterocycles. The van der Waals surface area contributed by atoms with E-state index in [0.717, 1.165) is 23.9 Å². The molecule has 4 nitrogen and oxygen atoms in total. The summed E-state index contributed by atoms with van der Waals surface area (Å²) < 4.78 is 2.28. The summed E-state index contributed by atoms with van der Waals surface area (Å²) in [5, 5.41) is 9.69. The Kier molecular flexibility index (Phi) is 4.91. The Morgan fingerprint density at radius 1 is 1.58 bits per heavy atom. The molecule has 0 radical (unpaired) electrons. The van der Waals surface area contributed by atoms with Crippen LogP contribution in [-0.2, 0) is 11.2 Å². The van der Waals surface area contributed by atoms with Crippen LogP contribution in [0.4, 0.5) is 0 Å². The number of aromatic nitrogens is 2. The van der Waals surface area contributed by atoms with Crippen molar-refractivity contribution in [2.24, 2.45) is 5.92 Å². The molecule has 1 N–H and O–H groups in total. The maximum Gasteiger partial charge on any atom is 0.313 e. The Morgan fingerprint density at radius 2 is 2.32 bits per heavy atom. The summed E-state index contributed by atoms with van der Waals surface area (Å²) >= 11 is 1.33. The molecule has 0 saturated heterocycles. The second-order valence-electron chi connectivity index (χ2n) is 5.18. The van der Waals surface area contributed by atoms with E-state index in [-0.39, 0.29) is 5.75 Å². The molecule has 0 bridgehead atoms. The van der Waals surface area contributed by atoms with Gasteiger partial charge < -0.3 is 9.67 Å². The van der Waals surface area contributed by atoms with Crippen molar-refractivity contribution in [2.45, 2.75) is 57.1 Å². The average molecular weight is 282 g/mol. The Bertz CT molecular complexity index is 441. The van der Waals surface area contributed by atoms with Crippen molar-refractivity contribution in [1.29, 1.82) is 0 Å². The summed E-state index contributed by atoms with van der Waals surface area (Å²) in [6, 6.07) is 0.473. The van der Waals surface area contributed by atoms with Gasteiger partial charge in [-0.3, -0.25) is 4.79 Å². The number of carbonyl (C=O) groups is 1. The molecule has 2 rings (SSSR count). The van der Waals surface area contributed by atoms with Gasteiger partial charge in [0.1, 0.15) is 0 Å². The van der Waals surface area contributed by atoms with Gasteiger partial charge in [-0.15, -0.1) is 0 Å². The van der Waals surface area contributed by atoms with Gasteiger partial charge in [0, 0.05) is 17.9 Å². The Balaban J connectivity index is 2.17. The van der Waals surface area contributed by atoms with Gasteiger partial charge in [-0.05, 0) is 25.2 Å². The van der Waals surface area contributed by atoms with Crippen molar-refractivity contribution in [2.75, 3.05) is 5.75 Å². The van der Waals surface area contributed by atoms with Crippen molar-refractivity contribution in [3.05, 3.63) is 11.9 Å². The summed E-state index contributed by atoms with van der Waals surface area (Å²) in [5.41, 5.74) is 1.22. The molecule has 0 amide bonds. The first kappa shape index (κ1) is 14.4. The normalized spacial score (nSPS) is 16.5. The van der Waals surface area contributed by atoms with Gasteiger partial charge in [-0.2, -0.15) is 0 Å². The van der Waals surface area contributed by atoms with Crippen molar-refractivity contribution in [3.8, 4) is 0 Å². The van der Waals surface area contributed by atoms with Crippen molar-refractivity contribution in [1.82, 2.24) is 9.55 Å². The van der Waals surface area contributed by atoms with E-state index in [4.69, 9.17) is 5.11 Å². The van der Waals surface area contributed by atoms with Crippen LogP contribution in [0.15, 0.2) is 11.4 Å². The fraction of sp³-hybridized carbons (Fsp3) is 0.714. The van der Waals surface area contributed by atoms with Crippen molar-refractivity contribution >= 4 is 17.7 Å². The number of thioether (sulfide) groups is 1. The van der Waals surface area contributed by atoms with E-state index >= 15 is 0 Å². The zero-order valence-electron chi connectivity index (χ0n) is 11.6. The zero-order valence-corrected chi connectivity index (χ0v) is 12.4. The van der Waals surface area contributed by atoms with Crippen LogP contribution in [0.5, 0.6) is 0 Å². The minimum absolute atomic E-state index is 0.0834. The van der Waals surface area contributed by atoms with Crippen molar-refractivity contribution < 1.29 is 9.90 Å². The molecule has 0 spiro atoms. The topological polar surface area (TPSA) is 55.1 Å². The van der Waals surface area contributed by atoms with Crippen LogP contribution in [0.25, 0.3) is 0 Å². The highest BCUT2D eigenvalue weighted by Crippen LogP contribution is 2.39. The van der Waals surface area contributed by atoms with E-state index in [2.05, 4.69) is 23.4 Å². The average Bonchev–Trinajstić information content (AvgIpc) is 3.12. The molecule has 1 aliphatic rings. The Morgan fingerprint density at radius 3 is 2.84 bits per heavy atom. The lowest BCUT2D eigenvalue weighted by Gasteiger charge is -2.21. The smallest absolute Gasteiger partial charge is 0.313 e. The number of nitrogens with zero attached hydrogens (tertiary/aromatic N) is 2. The fourth-order valence-electron chi connectivity index (χ4n) is 2.46. The van der Waals surface area contributed by atoms with E-state index < -0.39 is 5.97 Å². The van der Waals surface area contributed by atoms with Crippen LogP contribution in [0, 0.1) is 5.92 Å². The SMILES string of the molecule is CCc1cnc(SCC(=O)O)n1C(CC)CC1CC1. The van der Waals surface area contributed by atoms with Gasteiger partial charge in [0.05, 0.1) is 5.75 Å². The molecule has 1 saturated carbocycles. The molecular formula is C14H22N2O2S. The van der Waals surface area contributed by atoms with Crippen LogP contribution in [0.2, 0.25) is 0 Å². The third-order valence-corrected chi connectivity index (χ3v) is 4.62. The van der Waals surface area contributed by atoms with Gasteiger partial charge in [0.25, 0.3) is 0 Å². The number of rotatable bonds is 8. The van der Waals surface area contributed by atoms with E-state index in [1.807, 2.05) is 6.20 Å². The van der Waals surface area contributed by atoms with Crippen LogP contribution in [-0.4, -0.2) is 26.4 Å². The molecule has 106 valence electrons. The number of imidazole rings is 1. The first-order valence-electron chi connectivity index (χ1n) is 7.06. The summed E-state index contributed by atoms with van der Waals surface area (Å²) in [4.78, 5) is 15.1. The van der Waals surface area contributed by atoms with Gasteiger partial charge in [-0.25, -0.2) is 4.98 Å². The zero-order chi connectivity index (χ0) is 13.8. The standard InChI is InChI=1S/C14H22N2O2S/c1-3-11(7-10-5-6-10)16-12(4-2)8-15-14(16)19-9-13(17)18/h8,10-11H,3-7,9H2,1-2H3,(H,17,18). The first-order chi connectivity index (χ1) is 9.15. The fourth-order valence-corrected chi connectivity index (χ4v) is 3.24. The molecule has 1 unspecified atom stereocenters. The number of carboxylic acids is 1. The molecule has 19 heavy (non-hydrogen) atoms. The van der Waals surface area contributed by atoms with Crippen LogP contribution in [0.3, 0.4) is 0 Å². The highest BCUT2D eigenvalue weighted by Gasteiger charge is 2.27. The van der Waals surface area contributed by atoms with Gasteiger partial charge in [-0.1, -0.05) is 38.5 Å². The first-order valence-corrected chi connectivity index (χ1v) is 8.04. The number of carboxylic acid groups (broad SMARTS) is 1. The van der Waals surface area contributed by atoms with E-state index in [1.54, 1.807) is 0 Å². The molecular weight excluding hydrogens is 260 g/mol. The van der Waals surface area contributed by atoms with Gasteiger partial charge in [0.15, 0.2) is 5.16 Å². The number of hydrogen-bond donors (Lipinski definition) is 1. The lowest BCUT2D eigenvalue weighted by molar-refractivity contribution is -0.133. The maximum absolute atomic E-state index is 10.7. The third-order valence-electron chi connectivity index (χ3n) is 3.67. The molecule has 1 fully saturated rings. The van der Waals surface area contributed by atoms with Gasteiger partial charge in [0.2, 0.25) is 0 Å². The lowest BCUT2D eigenvalue weighted by atomic mass is 10.1. The summed E-state index contributed by atoms with van der Waals surface area (Å²) in [7, 11) is 0. The van der Waals surface area contributed by atoms with E-state index in [1.165, 1.54) is 36.7 Å². The third kappa shape index (κ3) is 3.75. The molecule has 1 aliphatic carbocycles. The lowest BCUT2D eigenvalue weighted by Crippen LogP contribution is -2.14. The summed E-state index contributed by atoms with van der Waals surface area (Å²) in [5.74, 6) is 0.169. The minimum Gasteiger partial charge on any atom is -0.481 e. The molecule has 1 aromatic heterocycles. The predicted molar refractivity (Wildman–Crippen MR) is 76.6 cm³/mol. The minimum atomic E-state index is -0.784. The quantitative estimate of drug-likeness (QED) is 0.743. The predicted octanol–water partition coefficient (Wildman–Crippen LogP) is 3.37. The summed E-state index contributed by atoms with van der Waals surface area (Å²) in [6.45, 7) is 4.33. The monoisotopic (exact) mass is 282 g/mol. The van der Waals surface area contributed by atoms with Crippen LogP contribution < -0.4 is 0 Å².